The maximum atomic E-state index is 11.2. The van der Waals surface area contributed by atoms with Crippen molar-refractivity contribution in [3.05, 3.63) is 30.0 Å². The van der Waals surface area contributed by atoms with Gasteiger partial charge in [-0.1, -0.05) is 0 Å². The Morgan fingerprint density at radius 1 is 1.18 bits per heavy atom. The van der Waals surface area contributed by atoms with Gasteiger partial charge in [-0.25, -0.2) is 14.6 Å². The number of esters is 2. The Hall–Kier alpha value is -2.44. The first kappa shape index (κ1) is 17.6. The highest BCUT2D eigenvalue weighted by molar-refractivity contribution is 5.93. The smallest absolute Gasteiger partial charge is 0.356 e. The maximum absolute atomic E-state index is 11.2. The van der Waals surface area contributed by atoms with E-state index in [1.165, 1.54) is 12.4 Å². The molecule has 0 N–H and O–H groups in total. The van der Waals surface area contributed by atoms with Gasteiger partial charge in [0.05, 0.1) is 31.3 Å². The Labute approximate surface area is 129 Å². The number of rotatable bonds is 5. The number of aliphatic imine (C=N–C) groups is 1. The second-order valence-corrected chi connectivity index (χ2v) is 4.20. The molecule has 1 aliphatic heterocycles. The Kier molecular flexibility index (Phi) is 7.60. The standard InChI is InChI=1S/C8H12N2O2.C7H9NO2/c1-3-10-6-9-5-7(10)8(11)12-4-2;1-2-10-7(9)6-3-4-8-5-6/h5-6H,3-4H2,1-2H3;4-5H,2-3H2,1H3. The first-order valence-electron chi connectivity index (χ1n) is 7.19. The van der Waals surface area contributed by atoms with Crippen molar-refractivity contribution in [2.45, 2.75) is 33.7 Å². The molecule has 0 aromatic carbocycles. The molecule has 0 amide bonds. The fourth-order valence-electron chi connectivity index (χ4n) is 1.65. The highest BCUT2D eigenvalue weighted by Crippen LogP contribution is 2.07. The fourth-order valence-corrected chi connectivity index (χ4v) is 1.65. The van der Waals surface area contributed by atoms with E-state index in [2.05, 4.69) is 9.98 Å². The maximum Gasteiger partial charge on any atom is 0.356 e. The molecule has 0 atom stereocenters. The molecule has 0 saturated heterocycles. The van der Waals surface area contributed by atoms with Crippen LogP contribution in [0, 0.1) is 0 Å². The van der Waals surface area contributed by atoms with Gasteiger partial charge in [0.25, 0.3) is 0 Å². The molecule has 0 aliphatic carbocycles. The third-order valence-electron chi connectivity index (χ3n) is 2.72. The third-order valence-corrected chi connectivity index (χ3v) is 2.72. The molecule has 2 heterocycles. The molecule has 22 heavy (non-hydrogen) atoms. The topological polar surface area (TPSA) is 82.8 Å². The van der Waals surface area contributed by atoms with Crippen LogP contribution in [0.5, 0.6) is 0 Å². The third kappa shape index (κ3) is 5.16. The largest absolute Gasteiger partial charge is 0.463 e. The van der Waals surface area contributed by atoms with Crippen molar-refractivity contribution in [2.24, 2.45) is 4.99 Å². The van der Waals surface area contributed by atoms with E-state index in [4.69, 9.17) is 9.47 Å². The minimum absolute atomic E-state index is 0.250. The molecule has 2 rings (SSSR count). The predicted molar refractivity (Wildman–Crippen MR) is 81.7 cm³/mol. The highest BCUT2D eigenvalue weighted by atomic mass is 16.5. The highest BCUT2D eigenvalue weighted by Gasteiger charge is 2.11. The second kappa shape index (κ2) is 9.49. The summed E-state index contributed by atoms with van der Waals surface area (Å²) in [5.74, 6) is -0.558. The van der Waals surface area contributed by atoms with Gasteiger partial charge in [-0.05, 0) is 20.8 Å². The molecule has 0 spiro atoms. The van der Waals surface area contributed by atoms with E-state index in [1.54, 1.807) is 31.0 Å². The zero-order valence-corrected chi connectivity index (χ0v) is 13.1. The van der Waals surface area contributed by atoms with Crippen molar-refractivity contribution >= 4 is 18.2 Å². The Morgan fingerprint density at radius 3 is 2.41 bits per heavy atom. The van der Waals surface area contributed by atoms with Gasteiger partial charge in [-0.3, -0.25) is 4.99 Å². The summed E-state index contributed by atoms with van der Waals surface area (Å²) in [6.07, 6.45) is 6.97. The van der Waals surface area contributed by atoms with Crippen LogP contribution in [-0.2, 0) is 20.8 Å². The summed E-state index contributed by atoms with van der Waals surface area (Å²) in [7, 11) is 0. The van der Waals surface area contributed by atoms with E-state index in [1.807, 2.05) is 6.92 Å². The van der Waals surface area contributed by atoms with E-state index in [0.717, 1.165) is 6.54 Å². The molecule has 1 aliphatic rings. The van der Waals surface area contributed by atoms with Crippen LogP contribution in [0.1, 0.15) is 37.7 Å². The Balaban J connectivity index is 0.000000224. The summed E-state index contributed by atoms with van der Waals surface area (Å²) in [5, 5.41) is 0. The van der Waals surface area contributed by atoms with Crippen LogP contribution >= 0.6 is 0 Å². The normalized spacial score (nSPS) is 12.2. The Morgan fingerprint density at radius 2 is 1.86 bits per heavy atom. The molecule has 0 bridgehead atoms. The molecular formula is C15H21N3O4. The lowest BCUT2D eigenvalue weighted by Gasteiger charge is -2.03. The van der Waals surface area contributed by atoms with Gasteiger partial charge in [-0.15, -0.1) is 0 Å². The molecular weight excluding hydrogens is 286 g/mol. The molecule has 120 valence electrons. The van der Waals surface area contributed by atoms with Crippen LogP contribution in [-0.4, -0.2) is 40.9 Å². The van der Waals surface area contributed by atoms with Crippen LogP contribution < -0.4 is 0 Å². The summed E-state index contributed by atoms with van der Waals surface area (Å²) in [4.78, 5) is 29.7. The van der Waals surface area contributed by atoms with Crippen LogP contribution in [0.3, 0.4) is 0 Å². The van der Waals surface area contributed by atoms with Gasteiger partial charge in [-0.2, -0.15) is 0 Å². The minimum Gasteiger partial charge on any atom is -0.463 e. The summed E-state index contributed by atoms with van der Waals surface area (Å²) >= 11 is 0. The lowest BCUT2D eigenvalue weighted by molar-refractivity contribution is -0.138. The molecule has 7 heteroatoms. The van der Waals surface area contributed by atoms with Crippen LogP contribution in [0.4, 0.5) is 0 Å². The number of aromatic nitrogens is 2. The number of nitrogens with zero attached hydrogens (tertiary/aromatic N) is 3. The monoisotopic (exact) mass is 307 g/mol. The van der Waals surface area contributed by atoms with E-state index in [-0.39, 0.29) is 11.9 Å². The van der Waals surface area contributed by atoms with Gasteiger partial charge in [0.2, 0.25) is 0 Å². The second-order valence-electron chi connectivity index (χ2n) is 4.20. The van der Waals surface area contributed by atoms with Gasteiger partial charge in [0.1, 0.15) is 5.69 Å². The molecule has 1 aromatic rings. The predicted octanol–water partition coefficient (Wildman–Crippen LogP) is 1.99. The molecule has 7 nitrogen and oxygen atoms in total. The molecule has 0 radical (unpaired) electrons. The zero-order valence-electron chi connectivity index (χ0n) is 13.1. The molecule has 1 aromatic heterocycles. The zero-order chi connectivity index (χ0) is 16.4. The Bertz CT molecular complexity index is 561. The number of imidazole rings is 1. The SMILES string of the molecule is CCOC(=O)C1=CN=CC1.CCOC(=O)c1cncn1CC. The van der Waals surface area contributed by atoms with E-state index in [9.17, 15) is 9.59 Å². The number of aryl methyl sites for hydroxylation is 1. The van der Waals surface area contributed by atoms with Crippen molar-refractivity contribution < 1.29 is 19.1 Å². The van der Waals surface area contributed by atoms with Gasteiger partial charge in [0, 0.05) is 25.4 Å². The van der Waals surface area contributed by atoms with E-state index >= 15 is 0 Å². The quantitative estimate of drug-likeness (QED) is 0.777. The van der Waals surface area contributed by atoms with Crippen LogP contribution in [0.15, 0.2) is 29.3 Å². The summed E-state index contributed by atoms with van der Waals surface area (Å²) < 4.78 is 11.3. The number of carbonyl (C=O) groups excluding carboxylic acids is 2. The lowest BCUT2D eigenvalue weighted by atomic mass is 10.2. The molecule has 0 unspecified atom stereocenters. The van der Waals surface area contributed by atoms with Gasteiger partial charge in [0.15, 0.2) is 0 Å². The summed E-state index contributed by atoms with van der Waals surface area (Å²) in [6, 6.07) is 0. The van der Waals surface area contributed by atoms with Gasteiger partial charge < -0.3 is 14.0 Å². The lowest BCUT2D eigenvalue weighted by Crippen LogP contribution is -2.10. The van der Waals surface area contributed by atoms with Crippen molar-refractivity contribution in [1.82, 2.24) is 9.55 Å². The molecule has 0 saturated carbocycles. The van der Waals surface area contributed by atoms with Crippen LogP contribution in [0.25, 0.3) is 0 Å². The first-order chi connectivity index (χ1) is 10.6. The van der Waals surface area contributed by atoms with E-state index < -0.39 is 0 Å². The average Bonchev–Trinajstić information content (AvgIpc) is 3.19. The van der Waals surface area contributed by atoms with Crippen LogP contribution in [0.2, 0.25) is 0 Å². The first-order valence-corrected chi connectivity index (χ1v) is 7.19. The number of hydrogen-bond donors (Lipinski definition) is 0. The average molecular weight is 307 g/mol. The van der Waals surface area contributed by atoms with Crippen molar-refractivity contribution in [2.75, 3.05) is 13.2 Å². The number of hydrogen-bond acceptors (Lipinski definition) is 6. The van der Waals surface area contributed by atoms with Crippen molar-refractivity contribution in [3.8, 4) is 0 Å². The summed E-state index contributed by atoms with van der Waals surface area (Å²) in [6.45, 7) is 7.07. The van der Waals surface area contributed by atoms with Crippen molar-refractivity contribution in [3.63, 3.8) is 0 Å². The number of ether oxygens (including phenoxy) is 2. The van der Waals surface area contributed by atoms with E-state index in [0.29, 0.717) is 30.9 Å². The minimum atomic E-state index is -0.308. The van der Waals surface area contributed by atoms with Gasteiger partial charge >= 0.3 is 11.9 Å². The molecule has 0 fully saturated rings. The van der Waals surface area contributed by atoms with Crippen molar-refractivity contribution in [1.29, 1.82) is 0 Å². The number of carbonyl (C=O) groups is 2. The fraction of sp³-hybridized carbons (Fsp3) is 0.467. The summed E-state index contributed by atoms with van der Waals surface area (Å²) in [5.41, 5.74) is 1.15.